The summed E-state index contributed by atoms with van der Waals surface area (Å²) in [7, 11) is 0. The smallest absolute Gasteiger partial charge is 0.256 e. The summed E-state index contributed by atoms with van der Waals surface area (Å²) in [4.78, 5) is 30.0. The molecule has 5 aromatic rings. The Morgan fingerprint density at radius 1 is 0.857 bits per heavy atom. The lowest BCUT2D eigenvalue weighted by Crippen LogP contribution is -2.14. The molecule has 0 fully saturated rings. The predicted octanol–water partition coefficient (Wildman–Crippen LogP) is 7.05. The third kappa shape index (κ3) is 5.37. The summed E-state index contributed by atoms with van der Waals surface area (Å²) in [5.74, 6) is 0.0583. The number of hydrogen-bond acceptors (Lipinski definition) is 5. The minimum atomic E-state index is -0.150. The van der Waals surface area contributed by atoms with Crippen LogP contribution < -0.4 is 10.6 Å². The topological polar surface area (TPSA) is 71.1 Å². The summed E-state index contributed by atoms with van der Waals surface area (Å²) in [6, 6.07) is 25.2. The summed E-state index contributed by atoms with van der Waals surface area (Å²) in [5.41, 5.74) is 5.23. The molecule has 2 N–H and O–H groups in total. The Morgan fingerprint density at radius 3 is 2.46 bits per heavy atom. The van der Waals surface area contributed by atoms with Gasteiger partial charge in [-0.3, -0.25) is 9.59 Å². The molecule has 5 rings (SSSR count). The van der Waals surface area contributed by atoms with E-state index in [0.717, 1.165) is 42.1 Å². The van der Waals surface area contributed by atoms with E-state index >= 15 is 0 Å². The van der Waals surface area contributed by atoms with E-state index in [9.17, 15) is 9.59 Å². The maximum Gasteiger partial charge on any atom is 0.256 e. The molecule has 0 atom stereocenters. The average molecular weight is 498 g/mol. The fourth-order valence-electron chi connectivity index (χ4n) is 4.04. The van der Waals surface area contributed by atoms with Crippen LogP contribution in [0.1, 0.15) is 21.5 Å². The van der Waals surface area contributed by atoms with Crippen LogP contribution in [-0.2, 0) is 4.79 Å². The van der Waals surface area contributed by atoms with Gasteiger partial charge in [-0.05, 0) is 72.1 Å². The Morgan fingerprint density at radius 2 is 1.63 bits per heavy atom. The van der Waals surface area contributed by atoms with Crippen molar-refractivity contribution < 1.29 is 9.59 Å². The summed E-state index contributed by atoms with van der Waals surface area (Å²) >= 11 is 2.92. The minimum Gasteiger partial charge on any atom is -0.325 e. The normalized spacial score (nSPS) is 11.0. The van der Waals surface area contributed by atoms with Crippen molar-refractivity contribution in [1.29, 1.82) is 0 Å². The van der Waals surface area contributed by atoms with Crippen LogP contribution >= 0.6 is 23.1 Å². The van der Waals surface area contributed by atoms with E-state index < -0.39 is 0 Å². The second kappa shape index (κ2) is 9.90. The third-order valence-electron chi connectivity index (χ3n) is 5.49. The van der Waals surface area contributed by atoms with Crippen LogP contribution in [0.4, 0.5) is 11.4 Å². The average Bonchev–Trinajstić information content (AvgIpc) is 3.24. The maximum absolute atomic E-state index is 13.0. The Balaban J connectivity index is 1.26. The Bertz CT molecular complexity index is 1550. The molecule has 0 spiro atoms. The van der Waals surface area contributed by atoms with E-state index in [2.05, 4.69) is 21.7 Å². The fourth-order valence-corrected chi connectivity index (χ4v) is 5.94. The molecule has 0 bridgehead atoms. The largest absolute Gasteiger partial charge is 0.325 e. The third-order valence-corrected chi connectivity index (χ3v) is 7.65. The zero-order chi connectivity index (χ0) is 24.4. The van der Waals surface area contributed by atoms with Crippen LogP contribution in [-0.4, -0.2) is 22.6 Å². The molecule has 2 amide bonds. The summed E-state index contributed by atoms with van der Waals surface area (Å²) in [5, 5.41) is 7.91. The summed E-state index contributed by atoms with van der Waals surface area (Å²) < 4.78 is 1.77. The first-order valence-electron chi connectivity index (χ1n) is 11.2. The number of carbonyl (C=O) groups is 2. The van der Waals surface area contributed by atoms with E-state index in [-0.39, 0.29) is 17.6 Å². The number of fused-ring (bicyclic) bond motifs is 2. The number of aryl methyl sites for hydroxylation is 2. The maximum atomic E-state index is 13.0. The van der Waals surface area contributed by atoms with Crippen LogP contribution in [0.2, 0.25) is 0 Å². The van der Waals surface area contributed by atoms with Crippen molar-refractivity contribution in [2.45, 2.75) is 18.2 Å². The number of amides is 2. The second-order valence-electron chi connectivity index (χ2n) is 8.36. The quantitative estimate of drug-likeness (QED) is 0.247. The first kappa shape index (κ1) is 23.1. The lowest BCUT2D eigenvalue weighted by molar-refractivity contribution is -0.113. The molecule has 35 heavy (non-hydrogen) atoms. The first-order chi connectivity index (χ1) is 16.9. The van der Waals surface area contributed by atoms with Crippen molar-refractivity contribution in [3.05, 3.63) is 95.6 Å². The van der Waals surface area contributed by atoms with Crippen molar-refractivity contribution in [3.63, 3.8) is 0 Å². The molecule has 0 aliphatic heterocycles. The van der Waals surface area contributed by atoms with Gasteiger partial charge < -0.3 is 10.6 Å². The van der Waals surface area contributed by atoms with Gasteiger partial charge in [-0.15, -0.1) is 11.3 Å². The number of rotatable bonds is 6. The summed E-state index contributed by atoms with van der Waals surface area (Å²) in [6.45, 7) is 4.02. The monoisotopic (exact) mass is 497 g/mol. The van der Waals surface area contributed by atoms with E-state index in [1.54, 1.807) is 0 Å². The zero-order valence-electron chi connectivity index (χ0n) is 19.3. The number of nitrogens with zero attached hydrogens (tertiary/aromatic N) is 1. The highest BCUT2D eigenvalue weighted by molar-refractivity contribution is 8.01. The Hall–Kier alpha value is -3.68. The number of hydrogen-bond donors (Lipinski definition) is 2. The Kier molecular flexibility index (Phi) is 6.53. The number of carbonyl (C=O) groups excluding carboxylic acids is 2. The second-order valence-corrected chi connectivity index (χ2v) is 10.6. The van der Waals surface area contributed by atoms with E-state index in [0.29, 0.717) is 11.3 Å². The molecule has 0 saturated heterocycles. The van der Waals surface area contributed by atoms with E-state index in [4.69, 9.17) is 0 Å². The zero-order valence-corrected chi connectivity index (χ0v) is 20.9. The van der Waals surface area contributed by atoms with Crippen LogP contribution in [0.15, 0.2) is 83.2 Å². The molecule has 5 nitrogen and oxygen atoms in total. The molecular weight excluding hydrogens is 474 g/mol. The van der Waals surface area contributed by atoms with Gasteiger partial charge in [0.05, 0.1) is 16.0 Å². The molecule has 7 heteroatoms. The lowest BCUT2D eigenvalue weighted by atomic mass is 10.0. The number of thioether (sulfide) groups is 1. The first-order valence-corrected chi connectivity index (χ1v) is 13.0. The van der Waals surface area contributed by atoms with Gasteiger partial charge in [0, 0.05) is 16.9 Å². The number of nitrogens with one attached hydrogen (secondary N) is 2. The van der Waals surface area contributed by atoms with Gasteiger partial charge in [0.25, 0.3) is 5.91 Å². The van der Waals surface area contributed by atoms with Crippen molar-refractivity contribution in [3.8, 4) is 0 Å². The van der Waals surface area contributed by atoms with Crippen molar-refractivity contribution in [2.24, 2.45) is 0 Å². The van der Waals surface area contributed by atoms with E-state index in [1.165, 1.54) is 23.1 Å². The van der Waals surface area contributed by atoms with Crippen LogP contribution in [0, 0.1) is 13.8 Å². The minimum absolute atomic E-state index is 0.0673. The Labute approximate surface area is 211 Å². The van der Waals surface area contributed by atoms with Crippen molar-refractivity contribution in [2.75, 3.05) is 16.4 Å². The number of anilines is 2. The molecule has 0 aliphatic carbocycles. The molecule has 4 aromatic carbocycles. The van der Waals surface area contributed by atoms with Gasteiger partial charge in [-0.1, -0.05) is 54.2 Å². The van der Waals surface area contributed by atoms with Crippen LogP contribution in [0.5, 0.6) is 0 Å². The number of aromatic nitrogens is 1. The molecule has 1 heterocycles. The molecule has 0 unspecified atom stereocenters. The summed E-state index contributed by atoms with van der Waals surface area (Å²) in [6.07, 6.45) is 0. The fraction of sp³-hybridized carbons (Fsp3) is 0.107. The van der Waals surface area contributed by atoms with Crippen molar-refractivity contribution >= 4 is 67.3 Å². The van der Waals surface area contributed by atoms with Crippen LogP contribution in [0.25, 0.3) is 21.0 Å². The van der Waals surface area contributed by atoms with Gasteiger partial charge >= 0.3 is 0 Å². The molecular formula is C28H23N3O2S2. The number of thiazole rings is 1. The molecule has 0 aliphatic rings. The molecule has 0 saturated carbocycles. The van der Waals surface area contributed by atoms with E-state index in [1.807, 2.05) is 86.6 Å². The number of benzene rings is 4. The van der Waals surface area contributed by atoms with Gasteiger partial charge in [0.1, 0.15) is 0 Å². The highest BCUT2D eigenvalue weighted by atomic mass is 32.2. The van der Waals surface area contributed by atoms with Gasteiger partial charge in [0.2, 0.25) is 5.91 Å². The lowest BCUT2D eigenvalue weighted by Gasteiger charge is -2.08. The molecule has 0 radical (unpaired) electrons. The van der Waals surface area contributed by atoms with Gasteiger partial charge in [-0.2, -0.15) is 0 Å². The standard InChI is InChI=1S/C28H23N3O2S2/c1-17-12-18(2)14-21(13-17)29-26(32)16-34-28-31-24-11-10-20(15-25(24)35-28)30-27(33)23-9-5-7-19-6-3-4-8-22(19)23/h3-15H,16H2,1-2H3,(H,29,32)(H,30,33). The predicted molar refractivity (Wildman–Crippen MR) is 147 cm³/mol. The van der Waals surface area contributed by atoms with Gasteiger partial charge in [-0.25, -0.2) is 4.98 Å². The highest BCUT2D eigenvalue weighted by Gasteiger charge is 2.12. The SMILES string of the molecule is Cc1cc(C)cc(NC(=O)CSc2nc3ccc(NC(=O)c4cccc5ccccc45)cc3s2)c1. The molecule has 1 aromatic heterocycles. The van der Waals surface area contributed by atoms with Gasteiger partial charge in [0.15, 0.2) is 4.34 Å². The van der Waals surface area contributed by atoms with Crippen molar-refractivity contribution in [1.82, 2.24) is 4.98 Å². The van der Waals surface area contributed by atoms with Crippen LogP contribution in [0.3, 0.4) is 0 Å². The highest BCUT2D eigenvalue weighted by Crippen LogP contribution is 2.32. The molecule has 174 valence electrons.